The molecule has 1 amide bonds. The number of carbonyl (C=O) groups is 1. The Labute approximate surface area is 167 Å². The molecule has 0 radical (unpaired) electrons. The molecular formula is C18H14F2N6O2S. The van der Waals surface area contributed by atoms with Crippen molar-refractivity contribution in [2.24, 2.45) is 0 Å². The molecule has 0 saturated heterocycles. The molecule has 0 aliphatic heterocycles. The summed E-state index contributed by atoms with van der Waals surface area (Å²) in [4.78, 5) is 17.7. The first-order valence-electron chi connectivity index (χ1n) is 8.33. The van der Waals surface area contributed by atoms with Crippen molar-refractivity contribution in [1.29, 1.82) is 0 Å². The van der Waals surface area contributed by atoms with E-state index in [9.17, 15) is 13.6 Å². The minimum Gasteiger partial charge on any atom is -0.434 e. The van der Waals surface area contributed by atoms with Crippen molar-refractivity contribution < 1.29 is 18.3 Å². The van der Waals surface area contributed by atoms with Crippen LogP contribution in [0.4, 0.5) is 14.5 Å². The average molecular weight is 416 g/mol. The van der Waals surface area contributed by atoms with Crippen LogP contribution in [0.25, 0.3) is 16.9 Å². The van der Waals surface area contributed by atoms with Crippen LogP contribution in [-0.2, 0) is 0 Å². The van der Waals surface area contributed by atoms with Gasteiger partial charge in [0.1, 0.15) is 11.3 Å². The van der Waals surface area contributed by atoms with Gasteiger partial charge in [-0.1, -0.05) is 0 Å². The fourth-order valence-electron chi connectivity index (χ4n) is 2.79. The molecule has 0 atom stereocenters. The summed E-state index contributed by atoms with van der Waals surface area (Å²) in [6, 6.07) is 6.50. The minimum atomic E-state index is -2.99. The fourth-order valence-corrected chi connectivity index (χ4v) is 3.23. The van der Waals surface area contributed by atoms with Crippen LogP contribution < -0.4 is 10.1 Å². The highest BCUT2D eigenvalue weighted by Crippen LogP contribution is 2.37. The zero-order valence-electron chi connectivity index (χ0n) is 15.0. The molecule has 3 aromatic heterocycles. The summed E-state index contributed by atoms with van der Waals surface area (Å²) >= 11 is 1.44. The van der Waals surface area contributed by atoms with E-state index in [0.717, 1.165) is 4.90 Å². The molecule has 0 spiro atoms. The molecule has 2 N–H and O–H groups in total. The molecule has 0 fully saturated rings. The fraction of sp³-hybridized carbons (Fsp3) is 0.111. The predicted molar refractivity (Wildman–Crippen MR) is 103 cm³/mol. The van der Waals surface area contributed by atoms with Crippen molar-refractivity contribution in [2.75, 3.05) is 11.6 Å². The number of thioether (sulfide) groups is 1. The van der Waals surface area contributed by atoms with Gasteiger partial charge in [-0.05, 0) is 30.5 Å². The largest absolute Gasteiger partial charge is 0.434 e. The number of benzene rings is 1. The number of anilines is 1. The number of fused-ring (bicyclic) bond motifs is 1. The lowest BCUT2D eigenvalue weighted by Gasteiger charge is -2.12. The second-order valence-corrected chi connectivity index (χ2v) is 6.68. The van der Waals surface area contributed by atoms with E-state index in [1.54, 1.807) is 30.6 Å². The van der Waals surface area contributed by atoms with E-state index in [0.29, 0.717) is 22.6 Å². The zero-order valence-corrected chi connectivity index (χ0v) is 15.8. The summed E-state index contributed by atoms with van der Waals surface area (Å²) in [7, 11) is 0. The van der Waals surface area contributed by atoms with Crippen LogP contribution >= 0.6 is 11.8 Å². The molecule has 0 bridgehead atoms. The maximum Gasteiger partial charge on any atom is 0.387 e. The number of carbonyl (C=O) groups excluding carboxylic acids is 1. The summed E-state index contributed by atoms with van der Waals surface area (Å²) < 4.78 is 31.8. The quantitative estimate of drug-likeness (QED) is 0.465. The van der Waals surface area contributed by atoms with Crippen LogP contribution in [0.15, 0.2) is 53.9 Å². The number of ether oxygens (including phenoxy) is 1. The highest BCUT2D eigenvalue weighted by Gasteiger charge is 2.20. The number of amides is 1. The van der Waals surface area contributed by atoms with Crippen molar-refractivity contribution in [3.63, 3.8) is 0 Å². The lowest BCUT2D eigenvalue weighted by atomic mass is 10.1. The number of hydrogen-bond acceptors (Lipinski definition) is 6. The highest BCUT2D eigenvalue weighted by molar-refractivity contribution is 7.98. The van der Waals surface area contributed by atoms with E-state index in [2.05, 4.69) is 30.3 Å². The highest BCUT2D eigenvalue weighted by atomic mass is 32.2. The standard InChI is InChI=1S/C18H14F2N6O2S/c1-29-10-3-4-14(28-18(19)20)11(7-10)15-13(9-22-25-15)24-17(27)12-8-23-26-6-2-5-21-16(12)26/h2-9,18H,1H3,(H,22,25)(H,24,27). The monoisotopic (exact) mass is 416 g/mol. The van der Waals surface area contributed by atoms with Crippen LogP contribution in [0, 0.1) is 0 Å². The van der Waals surface area contributed by atoms with Crippen LogP contribution in [-0.4, -0.2) is 43.6 Å². The molecule has 1 aromatic carbocycles. The third kappa shape index (κ3) is 3.76. The van der Waals surface area contributed by atoms with Gasteiger partial charge >= 0.3 is 6.61 Å². The molecular weight excluding hydrogens is 402 g/mol. The Kier molecular flexibility index (Phi) is 5.12. The molecule has 4 aromatic rings. The van der Waals surface area contributed by atoms with E-state index in [-0.39, 0.29) is 11.3 Å². The smallest absolute Gasteiger partial charge is 0.387 e. The van der Waals surface area contributed by atoms with Crippen molar-refractivity contribution in [2.45, 2.75) is 11.5 Å². The average Bonchev–Trinajstić information content (AvgIpc) is 3.34. The Bertz CT molecular complexity index is 1180. The molecule has 0 unspecified atom stereocenters. The van der Waals surface area contributed by atoms with Gasteiger partial charge in [0.2, 0.25) is 0 Å². The van der Waals surface area contributed by atoms with Gasteiger partial charge in [-0.3, -0.25) is 9.89 Å². The first-order chi connectivity index (χ1) is 14.1. The first kappa shape index (κ1) is 18.9. The maximum absolute atomic E-state index is 12.8. The van der Waals surface area contributed by atoms with Crippen molar-refractivity contribution in [1.82, 2.24) is 24.8 Å². The van der Waals surface area contributed by atoms with Gasteiger partial charge in [-0.25, -0.2) is 9.50 Å². The van der Waals surface area contributed by atoms with Gasteiger partial charge in [-0.15, -0.1) is 11.8 Å². The number of aromatic amines is 1. The summed E-state index contributed by atoms with van der Waals surface area (Å²) in [6.07, 6.45) is 7.88. The minimum absolute atomic E-state index is 0.0322. The van der Waals surface area contributed by atoms with Crippen LogP contribution in [0.1, 0.15) is 10.4 Å². The first-order valence-corrected chi connectivity index (χ1v) is 9.55. The number of H-pyrrole nitrogens is 1. The Morgan fingerprint density at radius 1 is 1.34 bits per heavy atom. The Balaban J connectivity index is 1.70. The third-order valence-corrected chi connectivity index (χ3v) is 4.81. The van der Waals surface area contributed by atoms with Gasteiger partial charge in [0.25, 0.3) is 5.91 Å². The Morgan fingerprint density at radius 3 is 3.00 bits per heavy atom. The zero-order chi connectivity index (χ0) is 20.4. The van der Waals surface area contributed by atoms with Crippen molar-refractivity contribution >= 4 is 29.0 Å². The van der Waals surface area contributed by atoms with Crippen LogP contribution in [0.3, 0.4) is 0 Å². The topological polar surface area (TPSA) is 97.2 Å². The number of alkyl halides is 2. The third-order valence-electron chi connectivity index (χ3n) is 4.08. The van der Waals surface area contributed by atoms with E-state index >= 15 is 0 Å². The molecule has 4 rings (SSSR count). The SMILES string of the molecule is CSc1ccc(OC(F)F)c(-c2[nH]ncc2NC(=O)c2cnn3cccnc23)c1. The van der Waals surface area contributed by atoms with Gasteiger partial charge in [0, 0.05) is 22.9 Å². The van der Waals surface area contributed by atoms with E-state index in [4.69, 9.17) is 0 Å². The predicted octanol–water partition coefficient (Wildman–Crippen LogP) is 3.70. The summed E-state index contributed by atoms with van der Waals surface area (Å²) in [5.74, 6) is -0.492. The van der Waals surface area contributed by atoms with Gasteiger partial charge in [0.05, 0.1) is 23.8 Å². The molecule has 0 saturated carbocycles. The van der Waals surface area contributed by atoms with Gasteiger partial charge < -0.3 is 10.1 Å². The molecule has 8 nitrogen and oxygen atoms in total. The normalized spacial score (nSPS) is 11.2. The number of rotatable bonds is 6. The number of aromatic nitrogens is 5. The summed E-state index contributed by atoms with van der Waals surface area (Å²) in [5.41, 5.74) is 1.65. The number of halogens is 2. The molecule has 148 valence electrons. The summed E-state index contributed by atoms with van der Waals surface area (Å²) in [5, 5.41) is 13.5. The number of nitrogens with zero attached hydrogens (tertiary/aromatic N) is 4. The molecule has 29 heavy (non-hydrogen) atoms. The Morgan fingerprint density at radius 2 is 2.21 bits per heavy atom. The maximum atomic E-state index is 12.8. The molecule has 3 heterocycles. The number of nitrogens with one attached hydrogen (secondary N) is 2. The number of hydrogen-bond donors (Lipinski definition) is 2. The van der Waals surface area contributed by atoms with Crippen LogP contribution in [0.2, 0.25) is 0 Å². The molecule has 0 aliphatic rings. The van der Waals surface area contributed by atoms with Gasteiger partial charge in [0.15, 0.2) is 5.65 Å². The molecule has 11 heteroatoms. The lowest BCUT2D eigenvalue weighted by Crippen LogP contribution is -2.12. The Hall–Kier alpha value is -3.47. The molecule has 0 aliphatic carbocycles. The van der Waals surface area contributed by atoms with Crippen LogP contribution in [0.5, 0.6) is 5.75 Å². The second-order valence-electron chi connectivity index (χ2n) is 5.80. The van der Waals surface area contributed by atoms with E-state index < -0.39 is 12.5 Å². The summed E-state index contributed by atoms with van der Waals surface area (Å²) in [6.45, 7) is -2.99. The van der Waals surface area contributed by atoms with Crippen molar-refractivity contribution in [3.05, 3.63) is 54.6 Å². The van der Waals surface area contributed by atoms with E-state index in [1.165, 1.54) is 34.7 Å². The van der Waals surface area contributed by atoms with Gasteiger partial charge in [-0.2, -0.15) is 19.0 Å². The second kappa shape index (κ2) is 7.87. The van der Waals surface area contributed by atoms with E-state index in [1.807, 2.05) is 6.26 Å². The lowest BCUT2D eigenvalue weighted by molar-refractivity contribution is -0.0494. The van der Waals surface area contributed by atoms with Crippen molar-refractivity contribution in [3.8, 4) is 17.0 Å².